The predicted molar refractivity (Wildman–Crippen MR) is 135 cm³/mol. The number of rotatable bonds is 6. The number of aryl methyl sites for hydroxylation is 1. The van der Waals surface area contributed by atoms with Crippen molar-refractivity contribution in [1.29, 1.82) is 0 Å². The van der Waals surface area contributed by atoms with Crippen molar-refractivity contribution >= 4 is 11.9 Å². The summed E-state index contributed by atoms with van der Waals surface area (Å²) in [7, 11) is 1.45. The molecule has 2 aromatic rings. The number of esters is 2. The molecule has 0 unspecified atom stereocenters. The zero-order valence-electron chi connectivity index (χ0n) is 21.8. The van der Waals surface area contributed by atoms with E-state index in [2.05, 4.69) is 6.92 Å². The lowest BCUT2D eigenvalue weighted by Crippen LogP contribution is -2.25. The van der Waals surface area contributed by atoms with E-state index in [0.717, 1.165) is 31.2 Å². The Bertz CT molecular complexity index is 1130. The molecule has 1 saturated carbocycles. The van der Waals surface area contributed by atoms with Crippen LogP contribution in [0.15, 0.2) is 24.3 Å². The molecular formula is C29H36O7. The molecule has 2 aliphatic rings. The van der Waals surface area contributed by atoms with Crippen LogP contribution in [0, 0.1) is 24.7 Å². The van der Waals surface area contributed by atoms with E-state index in [-0.39, 0.29) is 41.5 Å². The maximum absolute atomic E-state index is 13.1. The lowest BCUT2D eigenvalue weighted by molar-refractivity contribution is -0.140. The standard InChI is InChI=1S/C29H36O7/c1-16(2)12-22(30)21-10-11-23-25(27(21)33-5)29(32)34-15-20-13-18(4)14-24(26(20)35-23)36-28(31)19-8-6-17(3)7-9-19/h10-11,13-14,16-17,19,22,30H,6-9,12,15H2,1-5H3/t17?,19?,22-/m0/s1. The number of hydrogen-bond acceptors (Lipinski definition) is 7. The minimum atomic E-state index is -0.812. The summed E-state index contributed by atoms with van der Waals surface area (Å²) in [5, 5.41) is 10.8. The summed E-state index contributed by atoms with van der Waals surface area (Å²) >= 11 is 0. The third kappa shape index (κ3) is 5.51. The molecule has 7 nitrogen and oxygen atoms in total. The summed E-state index contributed by atoms with van der Waals surface area (Å²) in [6.07, 6.45) is 3.34. The van der Waals surface area contributed by atoms with Crippen LogP contribution in [0.3, 0.4) is 0 Å². The minimum absolute atomic E-state index is 0.0529. The molecule has 0 saturated heterocycles. The van der Waals surface area contributed by atoms with Crippen LogP contribution >= 0.6 is 0 Å². The van der Waals surface area contributed by atoms with Crippen molar-refractivity contribution in [3.8, 4) is 23.0 Å². The smallest absolute Gasteiger partial charge is 0.346 e. The van der Waals surface area contributed by atoms with E-state index in [9.17, 15) is 14.7 Å². The first-order chi connectivity index (χ1) is 17.2. The van der Waals surface area contributed by atoms with Crippen LogP contribution in [0.1, 0.15) is 86.0 Å². The van der Waals surface area contributed by atoms with Crippen molar-refractivity contribution in [2.75, 3.05) is 7.11 Å². The van der Waals surface area contributed by atoms with Gasteiger partial charge in [0, 0.05) is 11.1 Å². The maximum atomic E-state index is 13.1. The maximum Gasteiger partial charge on any atom is 0.346 e. The van der Waals surface area contributed by atoms with Gasteiger partial charge < -0.3 is 24.1 Å². The molecular weight excluding hydrogens is 460 g/mol. The molecule has 36 heavy (non-hydrogen) atoms. The van der Waals surface area contributed by atoms with E-state index < -0.39 is 12.1 Å². The molecule has 2 aromatic carbocycles. The Morgan fingerprint density at radius 3 is 2.56 bits per heavy atom. The highest BCUT2D eigenvalue weighted by Crippen LogP contribution is 2.45. The van der Waals surface area contributed by atoms with Crippen LogP contribution in [-0.4, -0.2) is 24.2 Å². The number of aliphatic hydroxyl groups excluding tert-OH is 1. The van der Waals surface area contributed by atoms with E-state index >= 15 is 0 Å². The monoisotopic (exact) mass is 496 g/mol. The topological polar surface area (TPSA) is 91.3 Å². The largest absolute Gasteiger partial charge is 0.495 e. The number of carbonyl (C=O) groups excluding carboxylic acids is 2. The summed E-state index contributed by atoms with van der Waals surface area (Å²) in [5.74, 6) is 0.939. The summed E-state index contributed by atoms with van der Waals surface area (Å²) in [5.41, 5.74) is 2.06. The summed E-state index contributed by atoms with van der Waals surface area (Å²) in [6.45, 7) is 8.06. The first-order valence-corrected chi connectivity index (χ1v) is 12.8. The molecule has 4 rings (SSSR count). The quantitative estimate of drug-likeness (QED) is 0.372. The Labute approximate surface area is 212 Å². The molecule has 7 heteroatoms. The molecule has 1 aliphatic heterocycles. The second-order valence-corrected chi connectivity index (χ2v) is 10.5. The third-order valence-corrected chi connectivity index (χ3v) is 7.02. The number of carbonyl (C=O) groups is 2. The first kappa shape index (κ1) is 26.0. The number of methoxy groups -OCH3 is 1. The van der Waals surface area contributed by atoms with Crippen LogP contribution in [0.5, 0.6) is 23.0 Å². The van der Waals surface area contributed by atoms with Gasteiger partial charge in [0.05, 0.1) is 19.1 Å². The average molecular weight is 497 g/mol. The van der Waals surface area contributed by atoms with Gasteiger partial charge in [-0.2, -0.15) is 0 Å². The molecule has 1 N–H and O–H groups in total. The number of aliphatic hydroxyl groups is 1. The minimum Gasteiger partial charge on any atom is -0.495 e. The average Bonchev–Trinajstić information content (AvgIpc) is 2.82. The Kier molecular flexibility index (Phi) is 7.88. The SMILES string of the molecule is COc1c([C@@H](O)CC(C)C)ccc2c1C(=O)OCc1cc(C)cc(OC(=O)C3CCC(C)CC3)c1O2. The van der Waals surface area contributed by atoms with E-state index in [1.54, 1.807) is 18.2 Å². The molecule has 0 aromatic heterocycles. The Balaban J connectivity index is 1.71. The van der Waals surface area contributed by atoms with Gasteiger partial charge in [-0.25, -0.2) is 4.79 Å². The molecule has 1 atom stereocenters. The van der Waals surface area contributed by atoms with Gasteiger partial charge in [0.25, 0.3) is 0 Å². The highest BCUT2D eigenvalue weighted by atomic mass is 16.6. The summed E-state index contributed by atoms with van der Waals surface area (Å²) in [4.78, 5) is 26.1. The van der Waals surface area contributed by atoms with Crippen LogP contribution in [-0.2, 0) is 16.1 Å². The number of benzene rings is 2. The summed E-state index contributed by atoms with van der Waals surface area (Å²) < 4.78 is 23.3. The lowest BCUT2D eigenvalue weighted by atomic mass is 9.83. The number of cyclic esters (lactones) is 1. The van der Waals surface area contributed by atoms with Gasteiger partial charge in [-0.3, -0.25) is 4.79 Å². The first-order valence-electron chi connectivity index (χ1n) is 12.8. The lowest BCUT2D eigenvalue weighted by Gasteiger charge is -2.26. The fraction of sp³-hybridized carbons (Fsp3) is 0.517. The molecule has 0 amide bonds. The number of ether oxygens (including phenoxy) is 4. The Morgan fingerprint density at radius 1 is 1.17 bits per heavy atom. The molecule has 194 valence electrons. The van der Waals surface area contributed by atoms with Crippen LogP contribution in [0.2, 0.25) is 0 Å². The van der Waals surface area contributed by atoms with Crippen LogP contribution in [0.4, 0.5) is 0 Å². The van der Waals surface area contributed by atoms with Crippen LogP contribution in [0.25, 0.3) is 0 Å². The van der Waals surface area contributed by atoms with Gasteiger partial charge in [0.15, 0.2) is 11.5 Å². The molecule has 1 aliphatic carbocycles. The van der Waals surface area contributed by atoms with Crippen molar-refractivity contribution in [3.63, 3.8) is 0 Å². The Morgan fingerprint density at radius 2 is 1.89 bits per heavy atom. The van der Waals surface area contributed by atoms with Crippen molar-refractivity contribution in [2.24, 2.45) is 17.8 Å². The van der Waals surface area contributed by atoms with Gasteiger partial charge in [0.1, 0.15) is 23.7 Å². The van der Waals surface area contributed by atoms with Crippen molar-refractivity contribution in [1.82, 2.24) is 0 Å². The normalized spacial score (nSPS) is 20.2. The fourth-order valence-electron chi connectivity index (χ4n) is 5.04. The number of fused-ring (bicyclic) bond motifs is 2. The van der Waals surface area contributed by atoms with Gasteiger partial charge in [-0.1, -0.05) is 20.8 Å². The van der Waals surface area contributed by atoms with Crippen molar-refractivity contribution in [3.05, 3.63) is 46.5 Å². The molecule has 1 fully saturated rings. The number of hydrogen-bond donors (Lipinski definition) is 1. The Hall–Kier alpha value is -3.06. The van der Waals surface area contributed by atoms with E-state index in [0.29, 0.717) is 35.0 Å². The highest BCUT2D eigenvalue weighted by molar-refractivity contribution is 5.96. The summed E-state index contributed by atoms with van der Waals surface area (Å²) in [6, 6.07) is 6.94. The third-order valence-electron chi connectivity index (χ3n) is 7.02. The fourth-order valence-corrected chi connectivity index (χ4v) is 5.04. The second-order valence-electron chi connectivity index (χ2n) is 10.5. The van der Waals surface area contributed by atoms with Gasteiger partial charge >= 0.3 is 11.9 Å². The highest BCUT2D eigenvalue weighted by Gasteiger charge is 2.32. The van der Waals surface area contributed by atoms with E-state index in [1.807, 2.05) is 26.8 Å². The van der Waals surface area contributed by atoms with Crippen molar-refractivity contribution < 1.29 is 33.6 Å². The van der Waals surface area contributed by atoms with Gasteiger partial charge in [-0.15, -0.1) is 0 Å². The zero-order valence-corrected chi connectivity index (χ0v) is 21.8. The van der Waals surface area contributed by atoms with Crippen molar-refractivity contribution in [2.45, 2.75) is 72.5 Å². The second kappa shape index (κ2) is 10.9. The molecule has 0 radical (unpaired) electrons. The predicted octanol–water partition coefficient (Wildman–Crippen LogP) is 6.28. The van der Waals surface area contributed by atoms with Gasteiger partial charge in [0.2, 0.25) is 0 Å². The van der Waals surface area contributed by atoms with Crippen LogP contribution < -0.4 is 14.2 Å². The van der Waals surface area contributed by atoms with E-state index in [4.69, 9.17) is 18.9 Å². The molecule has 0 bridgehead atoms. The molecule has 1 heterocycles. The van der Waals surface area contributed by atoms with E-state index in [1.165, 1.54) is 7.11 Å². The van der Waals surface area contributed by atoms with Gasteiger partial charge in [-0.05, 0) is 80.7 Å². The zero-order chi connectivity index (χ0) is 26.0. The molecule has 0 spiro atoms.